The van der Waals surface area contributed by atoms with Gasteiger partial charge in [-0.1, -0.05) is 6.08 Å². The number of Topliss-reactive ketones (excluding diaryl/α,β-unsaturated/α-hetero) is 1. The quantitative estimate of drug-likeness (QED) is 0.357. The van der Waals surface area contributed by atoms with Crippen LogP contribution in [-0.2, 0) is 0 Å². The third-order valence-corrected chi connectivity index (χ3v) is 2.98. The minimum atomic E-state index is -0.495. The van der Waals surface area contributed by atoms with E-state index in [1.54, 1.807) is 12.1 Å². The second-order valence-electron chi connectivity index (χ2n) is 5.58. The molecule has 0 saturated carbocycles. The van der Waals surface area contributed by atoms with Crippen molar-refractivity contribution in [2.24, 2.45) is 0 Å². The molecule has 0 fully saturated rings. The van der Waals surface area contributed by atoms with Crippen LogP contribution >= 0.6 is 0 Å². The Kier molecular flexibility index (Phi) is 4.65. The number of ketones is 1. The maximum absolute atomic E-state index is 11.8. The van der Waals surface area contributed by atoms with Crippen molar-refractivity contribution in [3.8, 4) is 0 Å². The smallest absolute Gasteiger partial charge is 0.270 e. The van der Waals surface area contributed by atoms with E-state index in [-0.39, 0.29) is 17.0 Å². The highest BCUT2D eigenvalue weighted by Gasteiger charge is 2.25. The summed E-state index contributed by atoms with van der Waals surface area (Å²) in [6.07, 6.45) is 1.75. The van der Waals surface area contributed by atoms with Gasteiger partial charge in [-0.05, 0) is 33.8 Å². The molecule has 5 heteroatoms. The van der Waals surface area contributed by atoms with Crippen molar-refractivity contribution in [1.82, 2.24) is 0 Å². The van der Waals surface area contributed by atoms with Crippen LogP contribution in [0.15, 0.2) is 30.9 Å². The van der Waals surface area contributed by atoms with E-state index in [4.69, 9.17) is 0 Å². The summed E-state index contributed by atoms with van der Waals surface area (Å²) >= 11 is 0. The van der Waals surface area contributed by atoms with Crippen molar-refractivity contribution in [2.75, 3.05) is 11.4 Å². The summed E-state index contributed by atoms with van der Waals surface area (Å²) in [6.45, 7) is 11.7. The molecule has 1 aromatic rings. The van der Waals surface area contributed by atoms with Gasteiger partial charge in [0.15, 0.2) is 5.78 Å². The van der Waals surface area contributed by atoms with Crippen LogP contribution in [0.25, 0.3) is 0 Å². The average Bonchev–Trinajstić information content (AvgIpc) is 2.33. The third-order valence-electron chi connectivity index (χ3n) is 2.98. The summed E-state index contributed by atoms with van der Waals surface area (Å²) in [7, 11) is 0. The van der Waals surface area contributed by atoms with E-state index in [2.05, 4.69) is 6.58 Å². The van der Waals surface area contributed by atoms with Gasteiger partial charge in [0, 0.05) is 35.5 Å². The fourth-order valence-electron chi connectivity index (χ4n) is 2.02. The molecule has 1 rings (SSSR count). The van der Waals surface area contributed by atoms with Crippen molar-refractivity contribution in [2.45, 2.75) is 33.2 Å². The number of carbonyl (C=O) groups is 1. The maximum Gasteiger partial charge on any atom is 0.270 e. The molecule has 0 aliphatic heterocycles. The Morgan fingerprint density at radius 3 is 2.45 bits per heavy atom. The molecular weight excluding hydrogens is 256 g/mol. The number of benzene rings is 1. The number of carbonyl (C=O) groups excluding carboxylic acids is 1. The number of hydrogen-bond acceptors (Lipinski definition) is 4. The molecule has 0 aliphatic rings. The second-order valence-corrected chi connectivity index (χ2v) is 5.58. The molecule has 0 atom stereocenters. The van der Waals surface area contributed by atoms with Crippen molar-refractivity contribution < 1.29 is 9.72 Å². The molecule has 0 unspecified atom stereocenters. The zero-order valence-corrected chi connectivity index (χ0v) is 12.3. The Bertz CT molecular complexity index is 545. The zero-order valence-electron chi connectivity index (χ0n) is 12.3. The summed E-state index contributed by atoms with van der Waals surface area (Å²) in [6, 6.07) is 4.38. The first-order valence-electron chi connectivity index (χ1n) is 6.36. The second kappa shape index (κ2) is 5.86. The first kappa shape index (κ1) is 15.9. The van der Waals surface area contributed by atoms with Crippen LogP contribution in [0.4, 0.5) is 11.4 Å². The Labute approximate surface area is 119 Å². The normalized spacial score (nSPS) is 11.0. The first-order chi connectivity index (χ1) is 9.18. The lowest BCUT2D eigenvalue weighted by molar-refractivity contribution is -0.384. The molecule has 108 valence electrons. The first-order valence-corrected chi connectivity index (χ1v) is 6.36. The molecule has 5 nitrogen and oxygen atoms in total. The number of hydrogen-bond donors (Lipinski definition) is 0. The summed E-state index contributed by atoms with van der Waals surface area (Å²) in [5, 5.41) is 10.8. The molecule has 1 aromatic carbocycles. The summed E-state index contributed by atoms with van der Waals surface area (Å²) in [5.41, 5.74) is 0.743. The molecule has 0 radical (unpaired) electrons. The molecule has 0 heterocycles. The standard InChI is InChI=1S/C15H20N2O3/c1-6-9-16(15(3,4)5)14-8-7-12(17(19)20)10-13(14)11(2)18/h6-8,10H,1,9H2,2-5H3. The van der Waals surface area contributed by atoms with E-state index >= 15 is 0 Å². The monoisotopic (exact) mass is 276 g/mol. The van der Waals surface area contributed by atoms with Crippen molar-refractivity contribution in [3.63, 3.8) is 0 Å². The molecule has 0 N–H and O–H groups in total. The van der Waals surface area contributed by atoms with Crippen LogP contribution < -0.4 is 4.90 Å². The number of anilines is 1. The molecule has 20 heavy (non-hydrogen) atoms. The van der Waals surface area contributed by atoms with E-state index in [1.165, 1.54) is 19.1 Å². The number of rotatable bonds is 5. The van der Waals surface area contributed by atoms with E-state index in [9.17, 15) is 14.9 Å². The van der Waals surface area contributed by atoms with Gasteiger partial charge in [0.2, 0.25) is 0 Å². The fraction of sp³-hybridized carbons (Fsp3) is 0.400. The molecular formula is C15H20N2O3. The van der Waals surface area contributed by atoms with Crippen molar-refractivity contribution >= 4 is 17.2 Å². The number of nitrogens with zero attached hydrogens (tertiary/aromatic N) is 2. The van der Waals surface area contributed by atoms with Gasteiger partial charge < -0.3 is 4.90 Å². The van der Waals surface area contributed by atoms with Crippen LogP contribution in [0.3, 0.4) is 0 Å². The van der Waals surface area contributed by atoms with E-state index in [1.807, 2.05) is 25.7 Å². The Morgan fingerprint density at radius 1 is 1.45 bits per heavy atom. The number of non-ortho nitro benzene ring substituents is 1. The highest BCUT2D eigenvalue weighted by Crippen LogP contribution is 2.30. The lowest BCUT2D eigenvalue weighted by Crippen LogP contribution is -2.42. The van der Waals surface area contributed by atoms with Crippen LogP contribution in [0.5, 0.6) is 0 Å². The third kappa shape index (κ3) is 3.44. The van der Waals surface area contributed by atoms with E-state index in [0.29, 0.717) is 17.8 Å². The molecule has 0 aromatic heterocycles. The summed E-state index contributed by atoms with van der Waals surface area (Å²) < 4.78 is 0. The van der Waals surface area contributed by atoms with Gasteiger partial charge in [-0.3, -0.25) is 14.9 Å². The van der Waals surface area contributed by atoms with E-state index < -0.39 is 4.92 Å². The van der Waals surface area contributed by atoms with Gasteiger partial charge >= 0.3 is 0 Å². The Balaban J connectivity index is 3.45. The molecule has 0 amide bonds. The topological polar surface area (TPSA) is 63.4 Å². The zero-order chi connectivity index (χ0) is 15.5. The predicted molar refractivity (Wildman–Crippen MR) is 80.4 cm³/mol. The largest absolute Gasteiger partial charge is 0.362 e. The van der Waals surface area contributed by atoms with Gasteiger partial charge in [-0.15, -0.1) is 6.58 Å². The lowest BCUT2D eigenvalue weighted by atomic mass is 10.0. The number of nitro groups is 1. The Morgan fingerprint density at radius 2 is 2.05 bits per heavy atom. The Hall–Kier alpha value is -2.17. The molecule has 0 bridgehead atoms. The van der Waals surface area contributed by atoms with Crippen LogP contribution in [0, 0.1) is 10.1 Å². The van der Waals surface area contributed by atoms with Crippen molar-refractivity contribution in [1.29, 1.82) is 0 Å². The van der Waals surface area contributed by atoms with Gasteiger partial charge in [0.25, 0.3) is 5.69 Å². The highest BCUT2D eigenvalue weighted by molar-refractivity contribution is 6.00. The minimum Gasteiger partial charge on any atom is -0.362 e. The van der Waals surface area contributed by atoms with Crippen LogP contribution in [0.1, 0.15) is 38.1 Å². The lowest BCUT2D eigenvalue weighted by Gasteiger charge is -2.38. The van der Waals surface area contributed by atoms with Gasteiger partial charge in [-0.25, -0.2) is 0 Å². The molecule has 0 spiro atoms. The SMILES string of the molecule is C=CCN(c1ccc([N+](=O)[O-])cc1C(C)=O)C(C)(C)C. The average molecular weight is 276 g/mol. The minimum absolute atomic E-state index is 0.0774. The molecule has 0 aliphatic carbocycles. The predicted octanol–water partition coefficient (Wildman–Crippen LogP) is 3.59. The van der Waals surface area contributed by atoms with Gasteiger partial charge in [-0.2, -0.15) is 0 Å². The number of nitro benzene ring substituents is 1. The summed E-state index contributed by atoms with van der Waals surface area (Å²) in [4.78, 5) is 24.2. The van der Waals surface area contributed by atoms with Crippen molar-refractivity contribution in [3.05, 3.63) is 46.5 Å². The molecule has 0 saturated heterocycles. The van der Waals surface area contributed by atoms with Crippen LogP contribution in [0.2, 0.25) is 0 Å². The fourth-order valence-corrected chi connectivity index (χ4v) is 2.02. The van der Waals surface area contributed by atoms with Crippen LogP contribution in [-0.4, -0.2) is 22.8 Å². The van der Waals surface area contributed by atoms with Gasteiger partial charge in [0.05, 0.1) is 4.92 Å². The van der Waals surface area contributed by atoms with Gasteiger partial charge in [0.1, 0.15) is 0 Å². The highest BCUT2D eigenvalue weighted by atomic mass is 16.6. The van der Waals surface area contributed by atoms with E-state index in [0.717, 1.165) is 0 Å². The summed E-state index contributed by atoms with van der Waals surface area (Å²) in [5.74, 6) is -0.193. The maximum atomic E-state index is 11.8.